The molecule has 14 heavy (non-hydrogen) atoms. The van der Waals surface area contributed by atoms with Gasteiger partial charge in [0.15, 0.2) is 0 Å². The second-order valence-corrected chi connectivity index (χ2v) is 3.88. The lowest BCUT2D eigenvalue weighted by molar-refractivity contribution is 0.748. The smallest absolute Gasteiger partial charge is 0.130 e. The summed E-state index contributed by atoms with van der Waals surface area (Å²) < 4.78 is 0. The summed E-state index contributed by atoms with van der Waals surface area (Å²) in [6, 6.07) is 0. The van der Waals surface area contributed by atoms with E-state index >= 15 is 0 Å². The zero-order valence-electron chi connectivity index (χ0n) is 10.2. The molecular weight excluding hydrogens is 172 g/mol. The lowest BCUT2D eigenvalue weighted by Gasteiger charge is -2.09. The Labute approximate surface area is 87.9 Å². The second-order valence-electron chi connectivity index (χ2n) is 3.88. The Bertz CT molecular complexity index is 245. The number of nitrogens with zero attached hydrogens (tertiary/aromatic N) is 2. The zero-order valence-corrected chi connectivity index (χ0v) is 10.2. The summed E-state index contributed by atoms with van der Waals surface area (Å²) in [4.78, 5) is 8.84. The first-order chi connectivity index (χ1) is 6.52. The van der Waals surface area contributed by atoms with Crippen LogP contribution >= 0.6 is 0 Å². The van der Waals surface area contributed by atoms with Gasteiger partial charge in [-0.25, -0.2) is 9.98 Å². The molecule has 80 valence electrons. The van der Waals surface area contributed by atoms with Gasteiger partial charge in [0.05, 0.1) is 0 Å². The highest BCUT2D eigenvalue weighted by molar-refractivity contribution is 5.91. The number of allylic oxidation sites excluding steroid dienone is 2. The molecule has 0 aromatic heterocycles. The summed E-state index contributed by atoms with van der Waals surface area (Å²) in [5, 5.41) is 0. The molecule has 0 saturated heterocycles. The largest absolute Gasteiger partial charge is 0.246 e. The third kappa shape index (κ3) is 4.35. The molecular formula is C12H22N2. The zero-order chi connectivity index (χ0) is 11.1. The second kappa shape index (κ2) is 6.52. The predicted molar refractivity (Wildman–Crippen MR) is 65.0 cm³/mol. The van der Waals surface area contributed by atoms with Crippen molar-refractivity contribution >= 4 is 12.1 Å². The van der Waals surface area contributed by atoms with Gasteiger partial charge in [-0.05, 0) is 19.8 Å². The van der Waals surface area contributed by atoms with Crippen molar-refractivity contribution in [2.45, 2.75) is 41.5 Å². The molecule has 0 radical (unpaired) electrons. The van der Waals surface area contributed by atoms with Gasteiger partial charge in [0.1, 0.15) is 5.84 Å². The number of hydrogen-bond donors (Lipinski definition) is 0. The van der Waals surface area contributed by atoms with E-state index in [4.69, 9.17) is 0 Å². The van der Waals surface area contributed by atoms with Crippen LogP contribution in [0.3, 0.4) is 0 Å². The fourth-order valence-corrected chi connectivity index (χ4v) is 1.10. The van der Waals surface area contributed by atoms with Crippen LogP contribution < -0.4 is 0 Å². The molecule has 0 spiro atoms. The Morgan fingerprint density at radius 2 is 1.57 bits per heavy atom. The average Bonchev–Trinajstić information content (AvgIpc) is 2.11. The standard InChI is InChI=1S/C12H22N2/c1-7-11(9(3)4)14-12(10(5)6)13-8-2/h7-10H,1-6H3/b11-7-,13-8-,14-12-. The van der Waals surface area contributed by atoms with Crippen LogP contribution in [0.2, 0.25) is 0 Å². The van der Waals surface area contributed by atoms with Crippen molar-refractivity contribution in [1.82, 2.24) is 0 Å². The van der Waals surface area contributed by atoms with E-state index in [0.29, 0.717) is 11.8 Å². The summed E-state index contributed by atoms with van der Waals surface area (Å²) in [6.45, 7) is 12.5. The van der Waals surface area contributed by atoms with E-state index in [1.807, 2.05) is 13.8 Å². The molecule has 0 saturated carbocycles. The number of hydrogen-bond acceptors (Lipinski definition) is 1. The number of rotatable bonds is 3. The molecule has 2 nitrogen and oxygen atoms in total. The van der Waals surface area contributed by atoms with E-state index in [9.17, 15) is 0 Å². The molecule has 0 aromatic carbocycles. The molecule has 0 aliphatic heterocycles. The van der Waals surface area contributed by atoms with Crippen LogP contribution in [0.15, 0.2) is 21.8 Å². The Kier molecular flexibility index (Phi) is 6.09. The molecule has 0 aliphatic rings. The van der Waals surface area contributed by atoms with Crippen molar-refractivity contribution in [2.24, 2.45) is 21.8 Å². The van der Waals surface area contributed by atoms with Gasteiger partial charge in [-0.3, -0.25) is 0 Å². The quantitative estimate of drug-likeness (QED) is 0.483. The van der Waals surface area contributed by atoms with Crippen LogP contribution in [0, 0.1) is 11.8 Å². The highest BCUT2D eigenvalue weighted by Gasteiger charge is 2.06. The first kappa shape index (κ1) is 13.1. The summed E-state index contributed by atoms with van der Waals surface area (Å²) in [5.41, 5.74) is 1.11. The van der Waals surface area contributed by atoms with E-state index in [2.05, 4.69) is 43.8 Å². The highest BCUT2D eigenvalue weighted by atomic mass is 14.9. The van der Waals surface area contributed by atoms with Gasteiger partial charge in [-0.2, -0.15) is 0 Å². The van der Waals surface area contributed by atoms with Crippen LogP contribution in [-0.4, -0.2) is 12.1 Å². The highest BCUT2D eigenvalue weighted by Crippen LogP contribution is 2.13. The molecule has 0 fully saturated rings. The van der Waals surface area contributed by atoms with E-state index in [-0.39, 0.29) is 0 Å². The van der Waals surface area contributed by atoms with Gasteiger partial charge < -0.3 is 0 Å². The summed E-state index contributed by atoms with van der Waals surface area (Å²) in [7, 11) is 0. The molecule has 0 aromatic rings. The van der Waals surface area contributed by atoms with Gasteiger partial charge in [0.25, 0.3) is 0 Å². The van der Waals surface area contributed by atoms with Gasteiger partial charge in [-0.15, -0.1) is 0 Å². The fraction of sp³-hybridized carbons (Fsp3) is 0.667. The van der Waals surface area contributed by atoms with Gasteiger partial charge in [0.2, 0.25) is 0 Å². The monoisotopic (exact) mass is 194 g/mol. The lowest BCUT2D eigenvalue weighted by atomic mass is 10.1. The summed E-state index contributed by atoms with van der Waals surface area (Å²) in [6.07, 6.45) is 3.85. The molecule has 0 heterocycles. The van der Waals surface area contributed by atoms with Crippen LogP contribution in [-0.2, 0) is 0 Å². The molecule has 0 amide bonds. The van der Waals surface area contributed by atoms with E-state index in [1.54, 1.807) is 6.21 Å². The van der Waals surface area contributed by atoms with Crippen LogP contribution in [0.4, 0.5) is 0 Å². The molecule has 0 aliphatic carbocycles. The SMILES string of the molecule is C\C=N/C(=N\C(=C/C)C(C)C)C(C)C. The molecule has 0 unspecified atom stereocenters. The third-order valence-electron chi connectivity index (χ3n) is 1.91. The Morgan fingerprint density at radius 3 is 1.86 bits per heavy atom. The molecule has 0 rings (SSSR count). The first-order valence-electron chi connectivity index (χ1n) is 5.26. The molecule has 0 N–H and O–H groups in total. The van der Waals surface area contributed by atoms with E-state index in [1.165, 1.54) is 0 Å². The normalized spacial score (nSPS) is 14.9. The Morgan fingerprint density at radius 1 is 1.00 bits per heavy atom. The minimum Gasteiger partial charge on any atom is -0.246 e. The van der Waals surface area contributed by atoms with Crippen molar-refractivity contribution in [3.05, 3.63) is 11.8 Å². The van der Waals surface area contributed by atoms with Crippen molar-refractivity contribution in [3.8, 4) is 0 Å². The molecule has 2 heteroatoms. The summed E-state index contributed by atoms with van der Waals surface area (Å²) in [5.74, 6) is 1.75. The van der Waals surface area contributed by atoms with Crippen molar-refractivity contribution in [2.75, 3.05) is 0 Å². The molecule has 0 atom stereocenters. The summed E-state index contributed by atoms with van der Waals surface area (Å²) >= 11 is 0. The van der Waals surface area contributed by atoms with Crippen LogP contribution in [0.1, 0.15) is 41.5 Å². The number of aliphatic imine (C=N–C) groups is 2. The lowest BCUT2D eigenvalue weighted by Crippen LogP contribution is -2.06. The third-order valence-corrected chi connectivity index (χ3v) is 1.91. The van der Waals surface area contributed by atoms with Crippen molar-refractivity contribution in [3.63, 3.8) is 0 Å². The van der Waals surface area contributed by atoms with Crippen molar-refractivity contribution in [1.29, 1.82) is 0 Å². The van der Waals surface area contributed by atoms with Gasteiger partial charge in [-0.1, -0.05) is 33.8 Å². The predicted octanol–water partition coefficient (Wildman–Crippen LogP) is 3.69. The number of amidine groups is 1. The molecule has 0 bridgehead atoms. The fourth-order valence-electron chi connectivity index (χ4n) is 1.10. The minimum absolute atomic E-state index is 0.375. The maximum Gasteiger partial charge on any atom is 0.130 e. The average molecular weight is 194 g/mol. The van der Waals surface area contributed by atoms with Crippen LogP contribution in [0.25, 0.3) is 0 Å². The van der Waals surface area contributed by atoms with Crippen LogP contribution in [0.5, 0.6) is 0 Å². The maximum absolute atomic E-state index is 4.56. The minimum atomic E-state index is 0.375. The topological polar surface area (TPSA) is 24.7 Å². The van der Waals surface area contributed by atoms with E-state index in [0.717, 1.165) is 11.5 Å². The van der Waals surface area contributed by atoms with Gasteiger partial charge >= 0.3 is 0 Å². The maximum atomic E-state index is 4.56. The Hall–Kier alpha value is -0.920. The Balaban J connectivity index is 4.89. The first-order valence-corrected chi connectivity index (χ1v) is 5.26. The van der Waals surface area contributed by atoms with Crippen molar-refractivity contribution < 1.29 is 0 Å². The van der Waals surface area contributed by atoms with Gasteiger partial charge in [0, 0.05) is 17.8 Å². The van der Waals surface area contributed by atoms with E-state index < -0.39 is 0 Å².